The molecule has 1 unspecified atom stereocenters. The molecule has 0 bridgehead atoms. The molecule has 108 valence electrons. The lowest BCUT2D eigenvalue weighted by Crippen LogP contribution is -2.45. The van der Waals surface area contributed by atoms with Crippen LogP contribution in [0.5, 0.6) is 0 Å². The third-order valence-corrected chi connectivity index (χ3v) is 3.91. The van der Waals surface area contributed by atoms with Gasteiger partial charge < -0.3 is 10.4 Å². The molecule has 1 saturated heterocycles. The van der Waals surface area contributed by atoms with E-state index in [1.54, 1.807) is 0 Å². The van der Waals surface area contributed by atoms with E-state index in [2.05, 4.69) is 17.1 Å². The molecule has 2 N–H and O–H groups in total. The Bertz CT molecular complexity index is 187. The first kappa shape index (κ1) is 15.9. The van der Waals surface area contributed by atoms with Crippen LogP contribution in [0.1, 0.15) is 58.3 Å². The molecule has 0 aliphatic carbocycles. The van der Waals surface area contributed by atoms with E-state index in [1.807, 2.05) is 0 Å². The number of hydrogen-bond donors (Lipinski definition) is 2. The maximum atomic E-state index is 8.76. The van der Waals surface area contributed by atoms with E-state index >= 15 is 0 Å². The van der Waals surface area contributed by atoms with Crippen LogP contribution in [0.2, 0.25) is 0 Å². The zero-order valence-corrected chi connectivity index (χ0v) is 12.2. The molecule has 0 saturated carbocycles. The number of likely N-dealkylation sites (tertiary alicyclic amines) is 1. The quantitative estimate of drug-likeness (QED) is 0.589. The van der Waals surface area contributed by atoms with E-state index in [0.717, 1.165) is 19.0 Å². The second-order valence-electron chi connectivity index (χ2n) is 5.53. The molecule has 0 aromatic carbocycles. The predicted octanol–water partition coefficient (Wildman–Crippen LogP) is 2.39. The fourth-order valence-electron chi connectivity index (χ4n) is 2.81. The molecule has 0 aromatic heterocycles. The molecule has 1 heterocycles. The Kier molecular flexibility index (Phi) is 9.54. The third-order valence-electron chi connectivity index (χ3n) is 3.91. The van der Waals surface area contributed by atoms with Crippen molar-refractivity contribution in [3.63, 3.8) is 0 Å². The number of aliphatic hydroxyl groups excluding tert-OH is 1. The van der Waals surface area contributed by atoms with Crippen molar-refractivity contribution in [1.82, 2.24) is 10.2 Å². The number of nitrogens with zero attached hydrogens (tertiary/aromatic N) is 1. The Morgan fingerprint density at radius 1 is 1.17 bits per heavy atom. The summed E-state index contributed by atoms with van der Waals surface area (Å²) in [6.07, 6.45) is 10.1. The van der Waals surface area contributed by atoms with E-state index in [-0.39, 0.29) is 0 Å². The van der Waals surface area contributed by atoms with Crippen molar-refractivity contribution in [3.05, 3.63) is 0 Å². The summed E-state index contributed by atoms with van der Waals surface area (Å²) in [6, 6.07) is 0.767. The van der Waals surface area contributed by atoms with Gasteiger partial charge in [0.25, 0.3) is 0 Å². The van der Waals surface area contributed by atoms with E-state index in [9.17, 15) is 0 Å². The molecule has 1 rings (SSSR count). The van der Waals surface area contributed by atoms with Crippen molar-refractivity contribution >= 4 is 0 Å². The van der Waals surface area contributed by atoms with Crippen LogP contribution < -0.4 is 5.32 Å². The zero-order valence-electron chi connectivity index (χ0n) is 12.2. The fraction of sp³-hybridized carbons (Fsp3) is 1.00. The molecule has 1 fully saturated rings. The summed E-state index contributed by atoms with van der Waals surface area (Å²) in [5.41, 5.74) is 0. The van der Waals surface area contributed by atoms with Crippen molar-refractivity contribution in [2.45, 2.75) is 64.3 Å². The van der Waals surface area contributed by atoms with Gasteiger partial charge in [0.05, 0.1) is 0 Å². The van der Waals surface area contributed by atoms with Gasteiger partial charge in [0, 0.05) is 19.2 Å². The lowest BCUT2D eigenvalue weighted by atomic mass is 10.0. The van der Waals surface area contributed by atoms with Gasteiger partial charge in [0.15, 0.2) is 0 Å². The molecule has 0 aromatic rings. The van der Waals surface area contributed by atoms with Gasteiger partial charge >= 0.3 is 0 Å². The van der Waals surface area contributed by atoms with Gasteiger partial charge in [0.1, 0.15) is 0 Å². The van der Waals surface area contributed by atoms with Crippen LogP contribution in [-0.4, -0.2) is 48.8 Å². The average molecular weight is 256 g/mol. The fourth-order valence-corrected chi connectivity index (χ4v) is 2.81. The van der Waals surface area contributed by atoms with Gasteiger partial charge in [-0.1, -0.05) is 26.2 Å². The highest BCUT2D eigenvalue weighted by molar-refractivity contribution is 4.78. The van der Waals surface area contributed by atoms with Gasteiger partial charge in [-0.2, -0.15) is 0 Å². The molecule has 18 heavy (non-hydrogen) atoms. The predicted molar refractivity (Wildman–Crippen MR) is 77.9 cm³/mol. The Morgan fingerprint density at radius 2 is 2.00 bits per heavy atom. The van der Waals surface area contributed by atoms with Gasteiger partial charge in [-0.3, -0.25) is 4.90 Å². The minimum Gasteiger partial charge on any atom is -0.396 e. The number of piperidine rings is 1. The Hall–Kier alpha value is -0.120. The number of hydrogen-bond acceptors (Lipinski definition) is 3. The van der Waals surface area contributed by atoms with E-state index in [4.69, 9.17) is 5.11 Å². The SMILES string of the molecule is CCCNCC1CCCCN1CCCCCCO. The lowest BCUT2D eigenvalue weighted by molar-refractivity contribution is 0.142. The standard InChI is InChI=1S/C15H32N2O/c1-2-10-16-14-15-9-5-7-12-17(15)11-6-3-4-8-13-18/h15-16,18H,2-14H2,1H3. The minimum absolute atomic E-state index is 0.354. The van der Waals surface area contributed by atoms with E-state index in [1.165, 1.54) is 64.6 Å². The molecule has 3 heteroatoms. The van der Waals surface area contributed by atoms with Crippen LogP contribution in [0.15, 0.2) is 0 Å². The first-order chi connectivity index (χ1) is 8.88. The molecule has 0 amide bonds. The van der Waals surface area contributed by atoms with Crippen LogP contribution in [-0.2, 0) is 0 Å². The van der Waals surface area contributed by atoms with Crippen LogP contribution in [0, 0.1) is 0 Å². The maximum absolute atomic E-state index is 8.76. The van der Waals surface area contributed by atoms with Gasteiger partial charge in [-0.15, -0.1) is 0 Å². The van der Waals surface area contributed by atoms with Gasteiger partial charge in [-0.05, 0) is 51.7 Å². The smallest absolute Gasteiger partial charge is 0.0431 e. The first-order valence-electron chi connectivity index (χ1n) is 7.94. The van der Waals surface area contributed by atoms with E-state index < -0.39 is 0 Å². The van der Waals surface area contributed by atoms with Crippen LogP contribution in [0.3, 0.4) is 0 Å². The largest absolute Gasteiger partial charge is 0.396 e. The Labute approximate surface area is 113 Å². The van der Waals surface area contributed by atoms with E-state index in [0.29, 0.717) is 6.61 Å². The Balaban J connectivity index is 2.13. The average Bonchev–Trinajstić information content (AvgIpc) is 2.40. The normalized spacial score (nSPS) is 21.3. The second-order valence-corrected chi connectivity index (χ2v) is 5.53. The van der Waals surface area contributed by atoms with Crippen LogP contribution in [0.4, 0.5) is 0 Å². The van der Waals surface area contributed by atoms with Crippen LogP contribution >= 0.6 is 0 Å². The summed E-state index contributed by atoms with van der Waals surface area (Å²) in [4.78, 5) is 2.69. The number of nitrogens with one attached hydrogen (secondary N) is 1. The minimum atomic E-state index is 0.354. The lowest BCUT2D eigenvalue weighted by Gasteiger charge is -2.36. The first-order valence-corrected chi connectivity index (χ1v) is 7.94. The summed E-state index contributed by atoms with van der Waals surface area (Å²) in [7, 11) is 0. The highest BCUT2D eigenvalue weighted by Gasteiger charge is 2.20. The highest BCUT2D eigenvalue weighted by Crippen LogP contribution is 2.17. The van der Waals surface area contributed by atoms with Crippen molar-refractivity contribution in [2.24, 2.45) is 0 Å². The molecule has 0 radical (unpaired) electrons. The third kappa shape index (κ3) is 6.72. The molecule has 0 spiro atoms. The van der Waals surface area contributed by atoms with Gasteiger partial charge in [-0.25, -0.2) is 0 Å². The van der Waals surface area contributed by atoms with Gasteiger partial charge in [0.2, 0.25) is 0 Å². The molecule has 1 aliphatic heterocycles. The van der Waals surface area contributed by atoms with Crippen molar-refractivity contribution < 1.29 is 5.11 Å². The summed E-state index contributed by atoms with van der Waals surface area (Å²) in [5.74, 6) is 0. The highest BCUT2D eigenvalue weighted by atomic mass is 16.2. The molecule has 1 aliphatic rings. The molecular formula is C15H32N2O. The van der Waals surface area contributed by atoms with Crippen molar-refractivity contribution in [3.8, 4) is 0 Å². The molecule has 3 nitrogen and oxygen atoms in total. The topological polar surface area (TPSA) is 35.5 Å². The van der Waals surface area contributed by atoms with Crippen molar-refractivity contribution in [2.75, 3.05) is 32.8 Å². The van der Waals surface area contributed by atoms with Crippen molar-refractivity contribution in [1.29, 1.82) is 0 Å². The number of unbranched alkanes of at least 4 members (excludes halogenated alkanes) is 3. The number of rotatable bonds is 10. The number of aliphatic hydroxyl groups is 1. The summed E-state index contributed by atoms with van der Waals surface area (Å²) in [5, 5.41) is 12.3. The molecular weight excluding hydrogens is 224 g/mol. The summed E-state index contributed by atoms with van der Waals surface area (Å²) >= 11 is 0. The second kappa shape index (κ2) is 10.8. The summed E-state index contributed by atoms with van der Waals surface area (Å²) < 4.78 is 0. The maximum Gasteiger partial charge on any atom is 0.0431 e. The zero-order chi connectivity index (χ0) is 13.1. The molecule has 1 atom stereocenters. The van der Waals surface area contributed by atoms with Crippen LogP contribution in [0.25, 0.3) is 0 Å². The Morgan fingerprint density at radius 3 is 2.78 bits per heavy atom. The monoisotopic (exact) mass is 256 g/mol. The summed E-state index contributed by atoms with van der Waals surface area (Å²) in [6.45, 7) is 7.45.